The number of halogens is 1. The largest absolute Gasteiger partial charge is 0.507 e. The molecule has 104 valence electrons. The Bertz CT molecular complexity index is 481. The Balaban J connectivity index is 2.29. The lowest BCUT2D eigenvalue weighted by Crippen LogP contribution is -2.53. The topological polar surface area (TPSA) is 49.8 Å². The van der Waals surface area contributed by atoms with Crippen LogP contribution in [0.2, 0.25) is 0 Å². The first-order chi connectivity index (χ1) is 8.80. The Morgan fingerprint density at radius 2 is 2.21 bits per heavy atom. The van der Waals surface area contributed by atoms with E-state index < -0.39 is 17.3 Å². The van der Waals surface area contributed by atoms with Crippen LogP contribution in [-0.4, -0.2) is 40.7 Å². The Hall–Kier alpha value is -1.62. The molecular formula is C14H18FNO3. The summed E-state index contributed by atoms with van der Waals surface area (Å²) in [4.78, 5) is 13.9. The number of aromatic hydroxyl groups is 1. The van der Waals surface area contributed by atoms with Crippen LogP contribution in [0.25, 0.3) is 0 Å². The van der Waals surface area contributed by atoms with Gasteiger partial charge in [-0.25, -0.2) is 4.39 Å². The van der Waals surface area contributed by atoms with E-state index in [2.05, 4.69) is 0 Å². The first-order valence-corrected chi connectivity index (χ1v) is 6.25. The van der Waals surface area contributed by atoms with Crippen LogP contribution in [0.1, 0.15) is 31.1 Å². The van der Waals surface area contributed by atoms with E-state index in [4.69, 9.17) is 4.74 Å². The van der Waals surface area contributed by atoms with Gasteiger partial charge < -0.3 is 14.7 Å². The van der Waals surface area contributed by atoms with Crippen LogP contribution >= 0.6 is 0 Å². The second-order valence-electron chi connectivity index (χ2n) is 5.51. The van der Waals surface area contributed by atoms with Gasteiger partial charge in [0.05, 0.1) is 11.7 Å². The highest BCUT2D eigenvalue weighted by Crippen LogP contribution is 2.26. The lowest BCUT2D eigenvalue weighted by molar-refractivity contribution is -0.119. The first kappa shape index (κ1) is 13.8. The first-order valence-electron chi connectivity index (χ1n) is 6.25. The molecule has 0 saturated carbocycles. The number of hydrogen-bond donors (Lipinski definition) is 1. The van der Waals surface area contributed by atoms with Gasteiger partial charge in [-0.3, -0.25) is 4.79 Å². The van der Waals surface area contributed by atoms with Gasteiger partial charge in [0.25, 0.3) is 5.91 Å². The molecule has 0 bridgehead atoms. The van der Waals surface area contributed by atoms with E-state index in [1.165, 1.54) is 23.1 Å². The number of ether oxygens (including phenoxy) is 1. The minimum atomic E-state index is -0.707. The molecule has 0 radical (unpaired) electrons. The lowest BCUT2D eigenvalue weighted by Gasteiger charge is -2.41. The lowest BCUT2D eigenvalue weighted by atomic mass is 10.0. The van der Waals surface area contributed by atoms with Crippen molar-refractivity contribution >= 4 is 5.91 Å². The van der Waals surface area contributed by atoms with Crippen molar-refractivity contribution in [2.45, 2.75) is 32.5 Å². The van der Waals surface area contributed by atoms with Gasteiger partial charge in [-0.05, 0) is 32.9 Å². The van der Waals surface area contributed by atoms with E-state index >= 15 is 0 Å². The predicted molar refractivity (Wildman–Crippen MR) is 68.6 cm³/mol. The maximum Gasteiger partial charge on any atom is 0.260 e. The second-order valence-corrected chi connectivity index (χ2v) is 5.51. The van der Waals surface area contributed by atoms with Crippen molar-refractivity contribution in [3.8, 4) is 5.75 Å². The highest BCUT2D eigenvalue weighted by Gasteiger charge is 2.35. The van der Waals surface area contributed by atoms with Crippen LogP contribution in [0, 0.1) is 5.82 Å². The van der Waals surface area contributed by atoms with Crippen LogP contribution < -0.4 is 0 Å². The summed E-state index contributed by atoms with van der Waals surface area (Å²) in [7, 11) is 0. The van der Waals surface area contributed by atoms with Crippen molar-refractivity contribution < 1.29 is 19.0 Å². The van der Waals surface area contributed by atoms with Gasteiger partial charge in [0.1, 0.15) is 17.1 Å². The summed E-state index contributed by atoms with van der Waals surface area (Å²) in [6, 6.07) is 3.85. The smallest absolute Gasteiger partial charge is 0.260 e. The van der Waals surface area contributed by atoms with E-state index in [1.54, 1.807) is 0 Å². The molecule has 0 aromatic heterocycles. The molecule has 0 aliphatic carbocycles. The average Bonchev–Trinajstić information content (AvgIpc) is 2.25. The third-order valence-corrected chi connectivity index (χ3v) is 3.06. The molecule has 1 aliphatic rings. The number of phenolic OH excluding ortho intramolecular Hbond substituents is 1. The number of carbonyl (C=O) groups is 1. The Labute approximate surface area is 111 Å². The Kier molecular flexibility index (Phi) is 3.49. The SMILES string of the molecule is CC1CN(C(=O)c2c(O)cccc2F)CC(C)(C)O1. The fourth-order valence-electron chi connectivity index (χ4n) is 2.49. The maximum atomic E-state index is 13.7. The minimum Gasteiger partial charge on any atom is -0.507 e. The monoisotopic (exact) mass is 267 g/mol. The van der Waals surface area contributed by atoms with Crippen molar-refractivity contribution in [3.05, 3.63) is 29.6 Å². The zero-order valence-corrected chi connectivity index (χ0v) is 11.3. The molecule has 4 nitrogen and oxygen atoms in total. The van der Waals surface area contributed by atoms with Crippen LogP contribution in [-0.2, 0) is 4.74 Å². The van der Waals surface area contributed by atoms with Gasteiger partial charge in [-0.15, -0.1) is 0 Å². The molecule has 1 fully saturated rings. The van der Waals surface area contributed by atoms with E-state index in [-0.39, 0.29) is 17.4 Å². The fourth-order valence-corrected chi connectivity index (χ4v) is 2.49. The highest BCUT2D eigenvalue weighted by molar-refractivity contribution is 5.97. The van der Waals surface area contributed by atoms with Crippen molar-refractivity contribution in [1.82, 2.24) is 4.90 Å². The normalized spacial score (nSPS) is 22.3. The van der Waals surface area contributed by atoms with Gasteiger partial charge in [0.15, 0.2) is 0 Å². The molecule has 0 spiro atoms. The standard InChI is InChI=1S/C14H18FNO3/c1-9-7-16(8-14(2,3)19-9)13(18)12-10(15)5-4-6-11(12)17/h4-6,9,17H,7-8H2,1-3H3. The fraction of sp³-hybridized carbons (Fsp3) is 0.500. The molecule has 1 N–H and O–H groups in total. The Morgan fingerprint density at radius 1 is 1.53 bits per heavy atom. The van der Waals surface area contributed by atoms with Gasteiger partial charge in [-0.1, -0.05) is 6.07 Å². The van der Waals surface area contributed by atoms with Gasteiger partial charge in [-0.2, -0.15) is 0 Å². The molecule has 1 saturated heterocycles. The molecule has 1 atom stereocenters. The van der Waals surface area contributed by atoms with Crippen molar-refractivity contribution in [2.75, 3.05) is 13.1 Å². The Morgan fingerprint density at radius 3 is 2.79 bits per heavy atom. The van der Waals surface area contributed by atoms with Crippen LogP contribution in [0.3, 0.4) is 0 Å². The number of rotatable bonds is 1. The van der Waals surface area contributed by atoms with Gasteiger partial charge >= 0.3 is 0 Å². The molecular weight excluding hydrogens is 249 g/mol. The summed E-state index contributed by atoms with van der Waals surface area (Å²) in [6.07, 6.45) is -0.124. The van der Waals surface area contributed by atoms with Crippen LogP contribution in [0.5, 0.6) is 5.75 Å². The van der Waals surface area contributed by atoms with Crippen molar-refractivity contribution in [2.24, 2.45) is 0 Å². The van der Waals surface area contributed by atoms with E-state index in [9.17, 15) is 14.3 Å². The molecule has 1 amide bonds. The number of nitrogens with zero attached hydrogens (tertiary/aromatic N) is 1. The van der Waals surface area contributed by atoms with E-state index in [0.29, 0.717) is 13.1 Å². The third kappa shape index (κ3) is 2.87. The summed E-state index contributed by atoms with van der Waals surface area (Å²) in [6.45, 7) is 6.37. The van der Waals surface area contributed by atoms with Gasteiger partial charge in [0, 0.05) is 13.1 Å². The summed E-state index contributed by atoms with van der Waals surface area (Å²) >= 11 is 0. The number of benzene rings is 1. The number of hydrogen-bond acceptors (Lipinski definition) is 3. The minimum absolute atomic E-state index is 0.124. The van der Waals surface area contributed by atoms with Crippen molar-refractivity contribution in [1.29, 1.82) is 0 Å². The molecule has 19 heavy (non-hydrogen) atoms. The number of phenols is 1. The number of morpholine rings is 1. The second kappa shape index (κ2) is 4.81. The van der Waals surface area contributed by atoms with E-state index in [1.807, 2.05) is 20.8 Å². The summed E-state index contributed by atoms with van der Waals surface area (Å²) < 4.78 is 19.4. The molecule has 1 aromatic carbocycles. The van der Waals surface area contributed by atoms with Gasteiger partial charge in [0.2, 0.25) is 0 Å². The summed E-state index contributed by atoms with van der Waals surface area (Å²) in [5.41, 5.74) is -0.749. The molecule has 1 aliphatic heterocycles. The summed E-state index contributed by atoms with van der Waals surface area (Å²) in [5.74, 6) is -1.54. The van der Waals surface area contributed by atoms with Crippen LogP contribution in [0.15, 0.2) is 18.2 Å². The predicted octanol–water partition coefficient (Wildman–Crippen LogP) is 2.17. The number of carbonyl (C=O) groups excluding carboxylic acids is 1. The molecule has 1 aromatic rings. The zero-order valence-electron chi connectivity index (χ0n) is 11.3. The van der Waals surface area contributed by atoms with Crippen LogP contribution in [0.4, 0.5) is 4.39 Å². The maximum absolute atomic E-state index is 13.7. The highest BCUT2D eigenvalue weighted by atomic mass is 19.1. The molecule has 2 rings (SSSR count). The molecule has 1 heterocycles. The van der Waals surface area contributed by atoms with E-state index in [0.717, 1.165) is 0 Å². The van der Waals surface area contributed by atoms with Crippen molar-refractivity contribution in [3.63, 3.8) is 0 Å². The zero-order chi connectivity index (χ0) is 14.2. The number of amides is 1. The third-order valence-electron chi connectivity index (χ3n) is 3.06. The quantitative estimate of drug-likeness (QED) is 0.848. The molecule has 5 heteroatoms. The summed E-state index contributed by atoms with van der Waals surface area (Å²) in [5, 5.41) is 9.67. The molecule has 1 unspecified atom stereocenters. The average molecular weight is 267 g/mol.